The van der Waals surface area contributed by atoms with Crippen LogP contribution in [0, 0.1) is 6.92 Å². The molecule has 30 heavy (non-hydrogen) atoms. The van der Waals surface area contributed by atoms with Crippen LogP contribution in [0.4, 0.5) is 13.2 Å². The Morgan fingerprint density at radius 1 is 1.00 bits per heavy atom. The van der Waals surface area contributed by atoms with E-state index in [2.05, 4.69) is 0 Å². The molecule has 0 fully saturated rings. The number of hydrogen-bond acceptors (Lipinski definition) is 3. The Morgan fingerprint density at radius 2 is 1.70 bits per heavy atom. The van der Waals surface area contributed by atoms with Crippen molar-refractivity contribution in [3.8, 4) is 11.5 Å². The number of rotatable bonds is 13. The van der Waals surface area contributed by atoms with Gasteiger partial charge in [0.2, 0.25) is 0 Å². The van der Waals surface area contributed by atoms with Crippen molar-refractivity contribution in [2.45, 2.75) is 45.7 Å². The summed E-state index contributed by atoms with van der Waals surface area (Å²) in [7, 11) is 0. The highest BCUT2D eigenvalue weighted by molar-refractivity contribution is 6.55. The molecule has 3 nitrogen and oxygen atoms in total. The highest BCUT2D eigenvalue weighted by Crippen LogP contribution is 2.30. The lowest BCUT2D eigenvalue weighted by atomic mass is 10.1. The van der Waals surface area contributed by atoms with E-state index in [0.717, 1.165) is 48.0 Å². The molecule has 0 spiro atoms. The smallest absolute Gasteiger partial charge is 0.426 e. The first-order valence-corrected chi connectivity index (χ1v) is 10.7. The summed E-state index contributed by atoms with van der Waals surface area (Å²) in [5.41, 5.74) is 2.01. The third kappa shape index (κ3) is 10.8. The quantitative estimate of drug-likeness (QED) is 0.268. The minimum atomic E-state index is -4.49. The van der Waals surface area contributed by atoms with E-state index in [9.17, 15) is 13.2 Å². The molecule has 0 bridgehead atoms. The van der Waals surface area contributed by atoms with Crippen LogP contribution in [0.15, 0.2) is 33.8 Å². The van der Waals surface area contributed by atoms with Gasteiger partial charge in [-0.2, -0.15) is 13.2 Å². The summed E-state index contributed by atoms with van der Waals surface area (Å²) in [6.45, 7) is 5.43. The number of ether oxygens (including phenoxy) is 3. The third-order valence-corrected chi connectivity index (χ3v) is 4.66. The average molecular weight is 490 g/mol. The molecule has 0 N–H and O–H groups in total. The first-order valence-electron chi connectivity index (χ1n) is 9.56. The molecule has 1 aromatic carbocycles. The fourth-order valence-corrected chi connectivity index (χ4v) is 2.77. The summed E-state index contributed by atoms with van der Waals surface area (Å²) in [5.74, 6) is 1.55. The van der Waals surface area contributed by atoms with Crippen LogP contribution >= 0.6 is 34.8 Å². The molecular formula is C21H26Cl3F3O3. The first-order chi connectivity index (χ1) is 14.1. The second-order valence-corrected chi connectivity index (χ2v) is 7.81. The second-order valence-electron chi connectivity index (χ2n) is 6.39. The fourth-order valence-electron chi connectivity index (χ4n) is 2.53. The molecule has 0 aliphatic carbocycles. The zero-order chi connectivity index (χ0) is 22.6. The number of alkyl halides is 3. The fraction of sp³-hybridized carbons (Fsp3) is 0.524. The summed E-state index contributed by atoms with van der Waals surface area (Å²) in [6.07, 6.45) is 0.411. The van der Waals surface area contributed by atoms with Crippen LogP contribution in [0.5, 0.6) is 11.5 Å². The van der Waals surface area contributed by atoms with Crippen LogP contribution in [0.25, 0.3) is 0 Å². The van der Waals surface area contributed by atoms with Gasteiger partial charge < -0.3 is 14.2 Å². The molecule has 0 unspecified atom stereocenters. The number of benzene rings is 1. The van der Waals surface area contributed by atoms with Crippen LogP contribution in [-0.2, 0) is 11.2 Å². The van der Waals surface area contributed by atoms with Crippen molar-refractivity contribution in [3.63, 3.8) is 0 Å². The molecule has 0 amide bonds. The van der Waals surface area contributed by atoms with E-state index in [1.54, 1.807) is 6.08 Å². The molecule has 0 aliphatic heterocycles. The summed E-state index contributed by atoms with van der Waals surface area (Å²) in [5, 5.41) is -1.11. The van der Waals surface area contributed by atoms with Gasteiger partial charge in [0.05, 0.1) is 13.2 Å². The second kappa shape index (κ2) is 14.1. The normalized spacial score (nSPS) is 12.1. The minimum absolute atomic E-state index is 0.120. The Hall–Kier alpha value is -1.08. The Morgan fingerprint density at radius 3 is 2.33 bits per heavy atom. The van der Waals surface area contributed by atoms with Gasteiger partial charge in [-0.3, -0.25) is 0 Å². The largest absolute Gasteiger partial charge is 0.493 e. The van der Waals surface area contributed by atoms with Crippen LogP contribution < -0.4 is 9.47 Å². The molecule has 0 aliphatic rings. The molecule has 0 aromatic heterocycles. The van der Waals surface area contributed by atoms with Gasteiger partial charge in [0.1, 0.15) is 27.6 Å². The summed E-state index contributed by atoms with van der Waals surface area (Å²) in [6, 6.07) is 3.83. The van der Waals surface area contributed by atoms with Crippen molar-refractivity contribution in [2.24, 2.45) is 0 Å². The number of hydrogen-bond donors (Lipinski definition) is 0. The standard InChI is InChI=1S/C21H26Cl3F3O3/c1-3-16-14-17(29-12-8-19(23)24)13-15(2)20(16)30-11-5-4-9-28-10-6-7-18(22)21(25,26)27/h7-8,13-14H,3-6,9-12H2,1-2H3. The topological polar surface area (TPSA) is 27.7 Å². The molecule has 170 valence electrons. The highest BCUT2D eigenvalue weighted by atomic mass is 35.5. The van der Waals surface area contributed by atoms with Crippen molar-refractivity contribution in [1.29, 1.82) is 0 Å². The van der Waals surface area contributed by atoms with E-state index in [1.807, 2.05) is 26.0 Å². The van der Waals surface area contributed by atoms with Crippen molar-refractivity contribution in [2.75, 3.05) is 26.4 Å². The lowest BCUT2D eigenvalue weighted by Crippen LogP contribution is -2.07. The molecule has 0 saturated carbocycles. The highest BCUT2D eigenvalue weighted by Gasteiger charge is 2.31. The SMILES string of the molecule is CCc1cc(OCC=C(Cl)Cl)cc(C)c1OCCCCOCCC=C(Cl)C(F)(F)F. The number of unbranched alkanes of at least 4 members (excludes halogenated alkanes) is 1. The lowest BCUT2D eigenvalue weighted by molar-refractivity contribution is -0.0848. The zero-order valence-corrected chi connectivity index (χ0v) is 19.2. The van der Waals surface area contributed by atoms with Crippen molar-refractivity contribution < 1.29 is 27.4 Å². The Labute approximate surface area is 190 Å². The van der Waals surface area contributed by atoms with Gasteiger partial charge in [0.25, 0.3) is 0 Å². The van der Waals surface area contributed by atoms with Gasteiger partial charge in [-0.1, -0.05) is 47.8 Å². The maximum absolute atomic E-state index is 12.2. The molecule has 0 radical (unpaired) electrons. The van der Waals surface area contributed by atoms with Gasteiger partial charge >= 0.3 is 6.18 Å². The summed E-state index contributed by atoms with van der Waals surface area (Å²) < 4.78 is 53.7. The molecule has 0 atom stereocenters. The van der Waals surface area contributed by atoms with Crippen molar-refractivity contribution in [3.05, 3.63) is 44.9 Å². The van der Waals surface area contributed by atoms with Gasteiger partial charge in [0, 0.05) is 6.61 Å². The Balaban J connectivity index is 2.35. The van der Waals surface area contributed by atoms with E-state index in [-0.39, 0.29) is 24.1 Å². The predicted octanol–water partition coefficient (Wildman–Crippen LogP) is 7.51. The van der Waals surface area contributed by atoms with Crippen molar-refractivity contribution >= 4 is 34.8 Å². The van der Waals surface area contributed by atoms with Gasteiger partial charge in [-0.25, -0.2) is 0 Å². The Bertz CT molecular complexity index is 715. The van der Waals surface area contributed by atoms with Crippen LogP contribution in [0.2, 0.25) is 0 Å². The number of halogens is 6. The van der Waals surface area contributed by atoms with Gasteiger partial charge in [0.15, 0.2) is 0 Å². The zero-order valence-electron chi connectivity index (χ0n) is 17.0. The van der Waals surface area contributed by atoms with E-state index in [1.165, 1.54) is 0 Å². The van der Waals surface area contributed by atoms with Gasteiger partial charge in [-0.05, 0) is 61.9 Å². The van der Waals surface area contributed by atoms with E-state index >= 15 is 0 Å². The maximum Gasteiger partial charge on any atom is 0.426 e. The van der Waals surface area contributed by atoms with Crippen molar-refractivity contribution in [1.82, 2.24) is 0 Å². The average Bonchev–Trinajstić information content (AvgIpc) is 2.66. The maximum atomic E-state index is 12.2. The molecule has 9 heteroatoms. The predicted molar refractivity (Wildman–Crippen MR) is 116 cm³/mol. The Kier molecular flexibility index (Phi) is 12.6. The van der Waals surface area contributed by atoms with E-state index in [4.69, 9.17) is 49.0 Å². The van der Waals surface area contributed by atoms with Gasteiger partial charge in [-0.15, -0.1) is 0 Å². The van der Waals surface area contributed by atoms with E-state index < -0.39 is 11.2 Å². The van der Waals surface area contributed by atoms with Crippen LogP contribution in [0.3, 0.4) is 0 Å². The number of aryl methyl sites for hydroxylation is 2. The molecule has 1 rings (SSSR count). The molecule has 1 aromatic rings. The number of allylic oxidation sites excluding steroid dienone is 1. The van der Waals surface area contributed by atoms with Crippen LogP contribution in [-0.4, -0.2) is 32.6 Å². The molecule has 0 heterocycles. The lowest BCUT2D eigenvalue weighted by Gasteiger charge is -2.15. The van der Waals surface area contributed by atoms with E-state index in [0.29, 0.717) is 13.2 Å². The summed E-state index contributed by atoms with van der Waals surface area (Å²) >= 11 is 16.3. The monoisotopic (exact) mass is 488 g/mol. The summed E-state index contributed by atoms with van der Waals surface area (Å²) in [4.78, 5) is 0. The molecule has 0 saturated heterocycles. The first kappa shape index (κ1) is 27.0. The molecular weight excluding hydrogens is 464 g/mol. The van der Waals surface area contributed by atoms with Crippen LogP contribution in [0.1, 0.15) is 37.3 Å². The minimum Gasteiger partial charge on any atom is -0.493 e. The third-order valence-electron chi connectivity index (χ3n) is 3.98.